The Morgan fingerprint density at radius 3 is 2.65 bits per heavy atom. The van der Waals surface area contributed by atoms with E-state index in [4.69, 9.17) is 11.0 Å². The highest BCUT2D eigenvalue weighted by Crippen LogP contribution is 2.59. The molecule has 0 radical (unpaired) electrons. The maximum Gasteiger partial charge on any atom is 0.0991 e. The van der Waals surface area contributed by atoms with Crippen molar-refractivity contribution in [2.45, 2.75) is 37.9 Å². The Kier molecular flexibility index (Phi) is 3.26. The van der Waals surface area contributed by atoms with E-state index in [2.05, 4.69) is 22.7 Å². The average Bonchev–Trinajstić information content (AvgIpc) is 3.05. The Morgan fingerprint density at radius 1 is 1.35 bits per heavy atom. The van der Waals surface area contributed by atoms with E-state index in [1.54, 1.807) is 0 Å². The number of nitrogens with zero attached hydrogens (tertiary/aromatic N) is 3. The second kappa shape index (κ2) is 5.19. The molecule has 2 aliphatic rings. The van der Waals surface area contributed by atoms with Crippen LogP contribution in [0, 0.1) is 16.7 Å². The van der Waals surface area contributed by atoms with Gasteiger partial charge >= 0.3 is 0 Å². The van der Waals surface area contributed by atoms with Crippen LogP contribution in [0.2, 0.25) is 0 Å². The van der Waals surface area contributed by atoms with Crippen LogP contribution >= 0.6 is 0 Å². The van der Waals surface area contributed by atoms with Gasteiger partial charge in [-0.3, -0.25) is 4.68 Å². The molecule has 1 spiro atoms. The van der Waals surface area contributed by atoms with Crippen LogP contribution in [0.1, 0.15) is 30.4 Å². The van der Waals surface area contributed by atoms with Gasteiger partial charge in [-0.1, -0.05) is 12.1 Å². The van der Waals surface area contributed by atoms with E-state index >= 15 is 0 Å². The van der Waals surface area contributed by atoms with Crippen LogP contribution in [0.15, 0.2) is 30.5 Å². The van der Waals surface area contributed by atoms with Crippen molar-refractivity contribution in [3.8, 4) is 17.3 Å². The largest absolute Gasteiger partial charge is 0.327 e. The second-order valence-electron chi connectivity index (χ2n) is 7.02. The number of benzene rings is 1. The first-order valence-corrected chi connectivity index (χ1v) is 8.12. The molecule has 1 unspecified atom stereocenters. The van der Waals surface area contributed by atoms with E-state index in [1.807, 2.05) is 36.0 Å². The minimum absolute atomic E-state index is 0.438. The van der Waals surface area contributed by atoms with Crippen LogP contribution in [0.3, 0.4) is 0 Å². The van der Waals surface area contributed by atoms with Gasteiger partial charge in [-0.15, -0.1) is 0 Å². The van der Waals surface area contributed by atoms with Crippen molar-refractivity contribution in [1.29, 1.82) is 5.26 Å². The number of hydrogen-bond acceptors (Lipinski definition) is 4. The molecule has 1 aromatic carbocycles. The fourth-order valence-corrected chi connectivity index (χ4v) is 3.78. The van der Waals surface area contributed by atoms with Gasteiger partial charge in [0.25, 0.3) is 0 Å². The van der Waals surface area contributed by atoms with Crippen LogP contribution in [0.5, 0.6) is 0 Å². The van der Waals surface area contributed by atoms with Gasteiger partial charge in [0.05, 0.1) is 17.3 Å². The highest BCUT2D eigenvalue weighted by atomic mass is 15.3. The van der Waals surface area contributed by atoms with Crippen molar-refractivity contribution in [3.05, 3.63) is 41.6 Å². The highest BCUT2D eigenvalue weighted by Gasteiger charge is 2.59. The van der Waals surface area contributed by atoms with Gasteiger partial charge < -0.3 is 11.1 Å². The van der Waals surface area contributed by atoms with E-state index in [1.165, 1.54) is 24.8 Å². The summed E-state index contributed by atoms with van der Waals surface area (Å²) in [7, 11) is 1.94. The van der Waals surface area contributed by atoms with E-state index in [-0.39, 0.29) is 0 Å². The molecule has 1 aromatic heterocycles. The quantitative estimate of drug-likeness (QED) is 0.904. The maximum absolute atomic E-state index is 8.91. The molecule has 0 bridgehead atoms. The molecule has 23 heavy (non-hydrogen) atoms. The standard InChI is InChI=1S/C18H21N5/c1-23-11-14(10-21-15-6-18(7-15)8-16(18)20)17(22-23)13-4-2-12(9-19)3-5-13/h2-5,11,15-16,21H,6-8,10,20H2,1H3. The van der Waals surface area contributed by atoms with Gasteiger partial charge in [-0.25, -0.2) is 0 Å². The molecule has 5 nitrogen and oxygen atoms in total. The van der Waals surface area contributed by atoms with Crippen LogP contribution in [-0.4, -0.2) is 21.9 Å². The van der Waals surface area contributed by atoms with Gasteiger partial charge in [0.15, 0.2) is 0 Å². The van der Waals surface area contributed by atoms with Gasteiger partial charge in [0.2, 0.25) is 0 Å². The molecule has 1 heterocycles. The summed E-state index contributed by atoms with van der Waals surface area (Å²) in [5.74, 6) is 0. The van der Waals surface area contributed by atoms with E-state index < -0.39 is 0 Å². The van der Waals surface area contributed by atoms with Crippen LogP contribution < -0.4 is 11.1 Å². The first-order chi connectivity index (χ1) is 11.1. The van der Waals surface area contributed by atoms with Gasteiger partial charge in [0.1, 0.15) is 0 Å². The zero-order valence-corrected chi connectivity index (χ0v) is 13.3. The minimum Gasteiger partial charge on any atom is -0.327 e. The molecule has 118 valence electrons. The number of nitriles is 1. The Balaban J connectivity index is 1.45. The molecule has 1 atom stereocenters. The summed E-state index contributed by atoms with van der Waals surface area (Å²) in [6, 6.07) is 10.8. The fourth-order valence-electron chi connectivity index (χ4n) is 3.78. The van der Waals surface area contributed by atoms with Crippen molar-refractivity contribution in [3.63, 3.8) is 0 Å². The van der Waals surface area contributed by atoms with Gasteiger partial charge in [0, 0.05) is 43.0 Å². The molecule has 0 amide bonds. The maximum atomic E-state index is 8.91. The third-order valence-corrected chi connectivity index (χ3v) is 5.33. The van der Waals surface area contributed by atoms with Crippen LogP contribution in [0.4, 0.5) is 0 Å². The zero-order valence-electron chi connectivity index (χ0n) is 13.3. The second-order valence-corrected chi connectivity index (χ2v) is 7.02. The van der Waals surface area contributed by atoms with E-state index in [0.717, 1.165) is 17.8 Å². The Morgan fingerprint density at radius 2 is 2.04 bits per heavy atom. The number of rotatable bonds is 4. The summed E-state index contributed by atoms with van der Waals surface area (Å²) in [5, 5.41) is 17.1. The molecule has 2 fully saturated rings. The Hall–Kier alpha value is -2.16. The Labute approximate surface area is 136 Å². The lowest BCUT2D eigenvalue weighted by atomic mass is 9.76. The van der Waals surface area contributed by atoms with Crippen molar-refractivity contribution < 1.29 is 0 Å². The Bertz CT molecular complexity index is 762. The average molecular weight is 307 g/mol. The number of nitrogens with one attached hydrogen (secondary N) is 1. The van der Waals surface area contributed by atoms with Gasteiger partial charge in [-0.2, -0.15) is 10.4 Å². The normalized spacial score (nSPS) is 28.4. The molecular weight excluding hydrogens is 286 g/mol. The minimum atomic E-state index is 0.438. The lowest BCUT2D eigenvalue weighted by Crippen LogP contribution is -2.44. The molecule has 0 saturated heterocycles. The fraction of sp³-hybridized carbons (Fsp3) is 0.444. The number of nitrogens with two attached hydrogens (primary N) is 1. The van der Waals surface area contributed by atoms with E-state index in [9.17, 15) is 0 Å². The monoisotopic (exact) mass is 307 g/mol. The first kappa shape index (κ1) is 14.4. The molecule has 0 aliphatic heterocycles. The predicted molar refractivity (Wildman–Crippen MR) is 88.2 cm³/mol. The SMILES string of the molecule is Cn1cc(CNC2CC3(C2)CC3N)c(-c2ccc(C#N)cc2)n1. The third kappa shape index (κ3) is 2.54. The predicted octanol–water partition coefficient (Wildman–Crippen LogP) is 1.93. The first-order valence-electron chi connectivity index (χ1n) is 8.12. The van der Waals surface area contributed by atoms with Crippen molar-refractivity contribution in [2.24, 2.45) is 18.2 Å². The molecule has 4 rings (SSSR count). The number of aryl methyl sites for hydroxylation is 1. The van der Waals surface area contributed by atoms with E-state index in [0.29, 0.717) is 23.1 Å². The summed E-state index contributed by atoms with van der Waals surface area (Å²) >= 11 is 0. The van der Waals surface area contributed by atoms with Crippen molar-refractivity contribution >= 4 is 0 Å². The topological polar surface area (TPSA) is 79.7 Å². The smallest absolute Gasteiger partial charge is 0.0991 e. The van der Waals surface area contributed by atoms with Crippen molar-refractivity contribution in [2.75, 3.05) is 0 Å². The summed E-state index contributed by atoms with van der Waals surface area (Å²) in [4.78, 5) is 0. The van der Waals surface area contributed by atoms with Crippen LogP contribution in [-0.2, 0) is 13.6 Å². The molecule has 2 saturated carbocycles. The van der Waals surface area contributed by atoms with Crippen molar-refractivity contribution in [1.82, 2.24) is 15.1 Å². The summed E-state index contributed by atoms with van der Waals surface area (Å²) in [6.45, 7) is 0.819. The molecule has 3 N–H and O–H groups in total. The summed E-state index contributed by atoms with van der Waals surface area (Å²) < 4.78 is 1.85. The number of aromatic nitrogens is 2. The van der Waals surface area contributed by atoms with Crippen LogP contribution in [0.25, 0.3) is 11.3 Å². The van der Waals surface area contributed by atoms with Gasteiger partial charge in [-0.05, 0) is 36.8 Å². The highest BCUT2D eigenvalue weighted by molar-refractivity contribution is 5.63. The summed E-state index contributed by atoms with van der Waals surface area (Å²) in [5.41, 5.74) is 10.4. The molecular formula is C18H21N5. The number of hydrogen-bond donors (Lipinski definition) is 2. The molecule has 2 aliphatic carbocycles. The lowest BCUT2D eigenvalue weighted by Gasteiger charge is -2.37. The molecule has 5 heteroatoms. The lowest BCUT2D eigenvalue weighted by molar-refractivity contribution is 0.191. The summed E-state index contributed by atoms with van der Waals surface area (Å²) in [6.07, 6.45) is 5.69. The molecule has 2 aromatic rings. The third-order valence-electron chi connectivity index (χ3n) is 5.33. The zero-order chi connectivity index (χ0) is 16.0.